The highest BCUT2D eigenvalue weighted by atomic mass is 16.5. The van der Waals surface area contributed by atoms with Gasteiger partial charge in [0, 0.05) is 35.7 Å². The van der Waals surface area contributed by atoms with Gasteiger partial charge in [-0.2, -0.15) is 0 Å². The second kappa shape index (κ2) is 11.6. The van der Waals surface area contributed by atoms with E-state index in [2.05, 4.69) is 20.0 Å². The number of H-pyrrole nitrogens is 1. The van der Waals surface area contributed by atoms with Gasteiger partial charge in [-0.3, -0.25) is 23.9 Å². The minimum atomic E-state index is -1.78. The highest BCUT2D eigenvalue weighted by Crippen LogP contribution is 2.27. The van der Waals surface area contributed by atoms with Crippen molar-refractivity contribution in [3.05, 3.63) is 58.6 Å². The monoisotopic (exact) mass is 540 g/mol. The van der Waals surface area contributed by atoms with Crippen molar-refractivity contribution < 1.29 is 33.5 Å². The summed E-state index contributed by atoms with van der Waals surface area (Å²) in [6.45, 7) is 2.88. The van der Waals surface area contributed by atoms with Crippen molar-refractivity contribution in [3.8, 4) is 11.4 Å². The minimum absolute atomic E-state index is 0. The van der Waals surface area contributed by atoms with Gasteiger partial charge in [0.15, 0.2) is 18.0 Å². The number of nitrogens with zero attached hydrogens (tertiary/aromatic N) is 3. The summed E-state index contributed by atoms with van der Waals surface area (Å²) in [5.41, 5.74) is 2.78. The number of aryl methyl sites for hydroxylation is 1. The van der Waals surface area contributed by atoms with E-state index in [0.717, 1.165) is 0 Å². The van der Waals surface area contributed by atoms with E-state index in [9.17, 15) is 24.3 Å². The Morgan fingerprint density at radius 3 is 2.54 bits per heavy atom. The number of nitrogens with one attached hydrogen (secondary N) is 2. The summed E-state index contributed by atoms with van der Waals surface area (Å²) in [6, 6.07) is 11.7. The van der Waals surface area contributed by atoms with Gasteiger partial charge in [0.05, 0.1) is 13.2 Å². The fraction of sp³-hybridized carbons (Fsp3) is 0.320. The molecule has 0 bridgehead atoms. The van der Waals surface area contributed by atoms with Crippen LogP contribution in [0.2, 0.25) is 0 Å². The molecule has 14 nitrogen and oxygen atoms in total. The van der Waals surface area contributed by atoms with Gasteiger partial charge in [-0.15, -0.1) is 0 Å². The van der Waals surface area contributed by atoms with Gasteiger partial charge in [0.1, 0.15) is 6.61 Å². The predicted octanol–water partition coefficient (Wildman–Crippen LogP) is 0.595. The van der Waals surface area contributed by atoms with Gasteiger partial charge in [-0.05, 0) is 48.9 Å². The lowest BCUT2D eigenvalue weighted by molar-refractivity contribution is -0.150. The van der Waals surface area contributed by atoms with E-state index in [4.69, 9.17) is 9.47 Å². The van der Waals surface area contributed by atoms with E-state index < -0.39 is 29.8 Å². The maximum absolute atomic E-state index is 13.2. The lowest BCUT2D eigenvalue weighted by Gasteiger charge is -2.35. The zero-order valence-corrected chi connectivity index (χ0v) is 21.1. The first-order chi connectivity index (χ1) is 18.3. The third kappa shape index (κ3) is 5.73. The van der Waals surface area contributed by atoms with Gasteiger partial charge in [0.2, 0.25) is 0 Å². The Morgan fingerprint density at radius 2 is 1.85 bits per heavy atom. The second-order valence-electron chi connectivity index (χ2n) is 8.81. The molecular formula is C25H28N6O8. The van der Waals surface area contributed by atoms with Crippen molar-refractivity contribution in [1.29, 1.82) is 0 Å². The molecule has 5 rings (SSSR count). The number of hydrogen-bond acceptors (Lipinski definition) is 10. The molecule has 1 aromatic heterocycles. The van der Waals surface area contributed by atoms with E-state index in [1.165, 1.54) is 4.90 Å². The number of aromatic nitrogens is 2. The smallest absolute Gasteiger partial charge is 0.380 e. The molecule has 2 atom stereocenters. The van der Waals surface area contributed by atoms with Gasteiger partial charge in [0.25, 0.3) is 17.7 Å². The van der Waals surface area contributed by atoms with Crippen molar-refractivity contribution in [3.63, 3.8) is 0 Å². The van der Waals surface area contributed by atoms with E-state index in [0.29, 0.717) is 41.3 Å². The molecule has 3 amide bonds. The number of benzene rings is 2. The molecule has 206 valence electrons. The van der Waals surface area contributed by atoms with E-state index in [1.54, 1.807) is 54.3 Å². The number of ether oxygens (including phenoxy) is 2. The molecule has 0 aliphatic carbocycles. The Balaban J connectivity index is 0.00000353. The average Bonchev–Trinajstić information content (AvgIpc) is 3.34. The Labute approximate surface area is 222 Å². The molecule has 2 saturated heterocycles. The number of carbonyl (C=O) groups is 3. The number of morpholine rings is 2. The zero-order valence-electron chi connectivity index (χ0n) is 21.1. The fourth-order valence-corrected chi connectivity index (χ4v) is 4.42. The predicted molar refractivity (Wildman–Crippen MR) is 139 cm³/mol. The molecule has 2 fully saturated rings. The van der Waals surface area contributed by atoms with Gasteiger partial charge >= 0.3 is 5.76 Å². The first-order valence-electron chi connectivity index (χ1n) is 11.9. The van der Waals surface area contributed by atoms with Crippen LogP contribution in [-0.2, 0) is 23.9 Å². The lowest BCUT2D eigenvalue weighted by atomic mass is 10.1. The molecule has 0 radical (unpaired) electrons. The van der Waals surface area contributed by atoms with Crippen LogP contribution in [0.25, 0.3) is 11.4 Å². The molecule has 6 N–H and O–H groups in total. The standard InChI is InChI=1S/C25H25N5O8.H3N/c1-14-11-15(5-6-18(14)22-27-25(35)38-28-22)26-23(33)20(32)21-24(34)30(8-10-37-21)17-4-2-3-16(12-17)29-7-9-36-13-19(29)31;/h2-6,11-12,20-21,32H,7-10,13H2,1H3,(H,26,33)(H,27,28,35);1H3/t20-,21-;/m1./s1. The van der Waals surface area contributed by atoms with Gasteiger partial charge in [-0.1, -0.05) is 11.2 Å². The third-order valence-electron chi connectivity index (χ3n) is 6.31. The number of rotatable bonds is 6. The first-order valence-corrected chi connectivity index (χ1v) is 11.9. The molecule has 14 heteroatoms. The summed E-state index contributed by atoms with van der Waals surface area (Å²) in [4.78, 5) is 55.0. The zero-order chi connectivity index (χ0) is 26.8. The Morgan fingerprint density at radius 1 is 1.10 bits per heavy atom. The number of amides is 3. The number of hydrogen-bond donors (Lipinski definition) is 4. The van der Waals surface area contributed by atoms with E-state index >= 15 is 0 Å². The van der Waals surface area contributed by atoms with Crippen LogP contribution in [-0.4, -0.2) is 78.1 Å². The van der Waals surface area contributed by atoms with Crippen molar-refractivity contribution in [2.45, 2.75) is 19.1 Å². The average molecular weight is 541 g/mol. The number of aromatic amines is 1. The molecule has 2 aliphatic heterocycles. The SMILES string of the molecule is Cc1cc(NC(=O)[C@H](O)[C@H]2OCCN(c3cccc(N4CCOCC4=O)c3)C2=O)ccc1-c1noc(=O)[nH]1.N. The van der Waals surface area contributed by atoms with Crippen LogP contribution < -0.4 is 27.0 Å². The van der Waals surface area contributed by atoms with Crippen molar-refractivity contribution in [1.82, 2.24) is 16.3 Å². The van der Waals surface area contributed by atoms with Crippen molar-refractivity contribution in [2.24, 2.45) is 0 Å². The van der Waals surface area contributed by atoms with Crippen LogP contribution in [0, 0.1) is 6.92 Å². The van der Waals surface area contributed by atoms with Crippen LogP contribution in [0.15, 0.2) is 51.8 Å². The molecule has 2 aliphatic rings. The molecule has 3 heterocycles. The summed E-state index contributed by atoms with van der Waals surface area (Å²) < 4.78 is 15.2. The fourth-order valence-electron chi connectivity index (χ4n) is 4.42. The lowest BCUT2D eigenvalue weighted by Crippen LogP contribution is -2.55. The third-order valence-corrected chi connectivity index (χ3v) is 6.31. The van der Waals surface area contributed by atoms with Crippen LogP contribution in [0.3, 0.4) is 0 Å². The largest absolute Gasteiger partial charge is 0.439 e. The molecule has 0 unspecified atom stereocenters. The highest BCUT2D eigenvalue weighted by Gasteiger charge is 2.39. The Kier molecular flexibility index (Phi) is 8.21. The first kappa shape index (κ1) is 27.7. The number of aliphatic hydroxyl groups excluding tert-OH is 1. The topological polar surface area (TPSA) is 202 Å². The maximum Gasteiger partial charge on any atom is 0.439 e. The Hall–Kier alpha value is -4.37. The summed E-state index contributed by atoms with van der Waals surface area (Å²) in [7, 11) is 0. The van der Waals surface area contributed by atoms with Crippen LogP contribution in [0.1, 0.15) is 5.56 Å². The van der Waals surface area contributed by atoms with Crippen molar-refractivity contribution in [2.75, 3.05) is 48.0 Å². The summed E-state index contributed by atoms with van der Waals surface area (Å²) in [6.07, 6.45) is -3.20. The maximum atomic E-state index is 13.2. The molecule has 2 aromatic carbocycles. The van der Waals surface area contributed by atoms with Gasteiger partial charge < -0.3 is 35.8 Å². The van der Waals surface area contributed by atoms with Crippen LogP contribution in [0.5, 0.6) is 0 Å². The minimum Gasteiger partial charge on any atom is -0.380 e. The van der Waals surface area contributed by atoms with Gasteiger partial charge in [-0.25, -0.2) is 4.79 Å². The second-order valence-corrected chi connectivity index (χ2v) is 8.81. The normalized spacial score (nSPS) is 18.5. The molecule has 0 saturated carbocycles. The molecule has 3 aromatic rings. The van der Waals surface area contributed by atoms with Crippen molar-refractivity contribution >= 4 is 34.8 Å². The molecule has 0 spiro atoms. The highest BCUT2D eigenvalue weighted by molar-refractivity contribution is 6.04. The quantitative estimate of drug-likeness (QED) is 0.343. The van der Waals surface area contributed by atoms with Crippen LogP contribution >= 0.6 is 0 Å². The Bertz CT molecular complexity index is 1440. The number of aliphatic hydroxyl groups is 1. The summed E-state index contributed by atoms with van der Waals surface area (Å²) >= 11 is 0. The number of anilines is 3. The summed E-state index contributed by atoms with van der Waals surface area (Å²) in [5.74, 6) is -2.02. The molecular weight excluding hydrogens is 512 g/mol. The van der Waals surface area contributed by atoms with E-state index in [-0.39, 0.29) is 37.6 Å². The van der Waals surface area contributed by atoms with Crippen LogP contribution in [0.4, 0.5) is 17.1 Å². The number of carbonyl (C=O) groups excluding carboxylic acids is 3. The van der Waals surface area contributed by atoms with E-state index in [1.807, 2.05) is 0 Å². The summed E-state index contributed by atoms with van der Waals surface area (Å²) in [5, 5.41) is 17.0. The molecule has 39 heavy (non-hydrogen) atoms.